The summed E-state index contributed by atoms with van der Waals surface area (Å²) in [5.41, 5.74) is 3.73. The Hall–Kier alpha value is -3.79. The van der Waals surface area contributed by atoms with Crippen molar-refractivity contribution in [1.82, 2.24) is 25.4 Å². The van der Waals surface area contributed by atoms with Crippen LogP contribution in [0.1, 0.15) is 38.9 Å². The molecule has 30 heavy (non-hydrogen) atoms. The lowest BCUT2D eigenvalue weighted by Crippen LogP contribution is -2.24. The fourth-order valence-electron chi connectivity index (χ4n) is 2.69. The first-order chi connectivity index (χ1) is 14.3. The van der Waals surface area contributed by atoms with Gasteiger partial charge < -0.3 is 4.74 Å². The Kier molecular flexibility index (Phi) is 6.07. The number of carbonyl (C=O) groups is 2. The second kappa shape index (κ2) is 8.70. The molecule has 0 atom stereocenters. The van der Waals surface area contributed by atoms with E-state index < -0.39 is 17.4 Å². The SMILES string of the molecule is COC(=O)c1ccc(C(=O)N/N=C(/C)c2c(C)[nH]n(-c3ccc(Cl)nn3)c2=O)cc1. The molecule has 0 fully saturated rings. The number of aryl methyl sites for hydroxylation is 1. The maximum atomic E-state index is 12.8. The summed E-state index contributed by atoms with van der Waals surface area (Å²) < 4.78 is 5.82. The van der Waals surface area contributed by atoms with E-state index in [0.717, 1.165) is 0 Å². The van der Waals surface area contributed by atoms with Crippen LogP contribution in [-0.4, -0.2) is 44.7 Å². The first-order valence-electron chi connectivity index (χ1n) is 8.66. The Balaban J connectivity index is 1.80. The molecule has 2 aromatic heterocycles. The lowest BCUT2D eigenvalue weighted by molar-refractivity contribution is 0.0600. The third kappa shape index (κ3) is 4.28. The van der Waals surface area contributed by atoms with Crippen molar-refractivity contribution < 1.29 is 14.3 Å². The number of carbonyl (C=O) groups excluding carboxylic acids is 2. The number of benzene rings is 1. The molecule has 0 saturated heterocycles. The molecule has 0 aliphatic rings. The zero-order valence-corrected chi connectivity index (χ0v) is 17.0. The van der Waals surface area contributed by atoms with Gasteiger partial charge in [0.2, 0.25) is 0 Å². The Labute approximate surface area is 175 Å². The summed E-state index contributed by atoms with van der Waals surface area (Å²) in [5.74, 6) is -0.732. The van der Waals surface area contributed by atoms with Crippen molar-refractivity contribution in [2.45, 2.75) is 13.8 Å². The number of nitrogens with zero attached hydrogens (tertiary/aromatic N) is 4. The number of hydrazone groups is 1. The van der Waals surface area contributed by atoms with Crippen LogP contribution in [0.3, 0.4) is 0 Å². The van der Waals surface area contributed by atoms with E-state index >= 15 is 0 Å². The fourth-order valence-corrected chi connectivity index (χ4v) is 2.79. The molecule has 0 radical (unpaired) electrons. The maximum Gasteiger partial charge on any atom is 0.337 e. The largest absolute Gasteiger partial charge is 0.465 e. The van der Waals surface area contributed by atoms with E-state index in [4.69, 9.17) is 11.6 Å². The molecule has 2 heterocycles. The molecule has 11 heteroatoms. The van der Waals surface area contributed by atoms with E-state index in [1.54, 1.807) is 19.9 Å². The van der Waals surface area contributed by atoms with Crippen LogP contribution in [0.25, 0.3) is 5.82 Å². The predicted octanol–water partition coefficient (Wildman–Crippen LogP) is 1.86. The van der Waals surface area contributed by atoms with Gasteiger partial charge in [-0.15, -0.1) is 10.2 Å². The number of aromatic amines is 1. The van der Waals surface area contributed by atoms with Crippen LogP contribution in [0.4, 0.5) is 0 Å². The van der Waals surface area contributed by atoms with Crippen molar-refractivity contribution in [2.75, 3.05) is 7.11 Å². The third-order valence-electron chi connectivity index (χ3n) is 4.17. The number of esters is 1. The number of amides is 1. The first kappa shape index (κ1) is 20.9. The highest BCUT2D eigenvalue weighted by Crippen LogP contribution is 2.09. The zero-order chi connectivity index (χ0) is 21.8. The Morgan fingerprint density at radius 1 is 1.13 bits per heavy atom. The van der Waals surface area contributed by atoms with E-state index in [1.165, 1.54) is 42.1 Å². The Bertz CT molecular complexity index is 1180. The number of rotatable bonds is 5. The van der Waals surface area contributed by atoms with E-state index in [9.17, 15) is 14.4 Å². The van der Waals surface area contributed by atoms with Crippen LogP contribution in [-0.2, 0) is 4.74 Å². The summed E-state index contributed by atoms with van der Waals surface area (Å²) >= 11 is 5.73. The molecule has 3 aromatic rings. The normalized spacial score (nSPS) is 11.3. The van der Waals surface area contributed by atoms with Crippen LogP contribution in [0.5, 0.6) is 0 Å². The van der Waals surface area contributed by atoms with E-state index in [1.807, 2.05) is 0 Å². The first-order valence-corrected chi connectivity index (χ1v) is 9.04. The number of hydrogen-bond donors (Lipinski definition) is 2. The van der Waals surface area contributed by atoms with E-state index in [0.29, 0.717) is 22.5 Å². The van der Waals surface area contributed by atoms with Gasteiger partial charge in [-0.05, 0) is 50.2 Å². The van der Waals surface area contributed by atoms with Crippen LogP contribution < -0.4 is 11.0 Å². The summed E-state index contributed by atoms with van der Waals surface area (Å²) in [6.45, 7) is 3.29. The van der Waals surface area contributed by atoms with Crippen molar-refractivity contribution in [1.29, 1.82) is 0 Å². The van der Waals surface area contributed by atoms with Crippen molar-refractivity contribution >= 4 is 29.2 Å². The van der Waals surface area contributed by atoms with Crippen LogP contribution in [0.15, 0.2) is 46.3 Å². The molecule has 1 amide bonds. The molecule has 0 aliphatic heterocycles. The molecule has 3 rings (SSSR count). The summed E-state index contributed by atoms with van der Waals surface area (Å²) in [4.78, 5) is 36.5. The third-order valence-corrected chi connectivity index (χ3v) is 4.38. The predicted molar refractivity (Wildman–Crippen MR) is 109 cm³/mol. The standard InChI is InChI=1S/C19H17ClN6O4/c1-10(21-24-17(27)12-4-6-13(7-5-12)19(29)30-3)16-11(2)25-26(18(16)28)15-9-8-14(20)22-23-15/h4-9,25H,1-3H3,(H,24,27)/b21-10-. The van der Waals surface area contributed by atoms with Crippen LogP contribution >= 0.6 is 11.6 Å². The number of ether oxygens (including phenoxy) is 1. The zero-order valence-electron chi connectivity index (χ0n) is 16.3. The summed E-state index contributed by atoms with van der Waals surface area (Å²) in [6, 6.07) is 8.95. The topological polar surface area (TPSA) is 131 Å². The van der Waals surface area contributed by atoms with Gasteiger partial charge in [-0.1, -0.05) is 11.6 Å². The smallest absolute Gasteiger partial charge is 0.337 e. The molecule has 0 saturated carbocycles. The lowest BCUT2D eigenvalue weighted by atomic mass is 10.1. The quantitative estimate of drug-likeness (QED) is 0.362. The second-order valence-electron chi connectivity index (χ2n) is 6.17. The van der Waals surface area contributed by atoms with Gasteiger partial charge in [-0.2, -0.15) is 9.78 Å². The highest BCUT2D eigenvalue weighted by atomic mass is 35.5. The molecule has 0 aliphatic carbocycles. The maximum absolute atomic E-state index is 12.8. The van der Waals surface area contributed by atoms with Gasteiger partial charge in [0.25, 0.3) is 11.5 Å². The van der Waals surface area contributed by atoms with Crippen molar-refractivity contribution in [3.8, 4) is 5.82 Å². The van der Waals surface area contributed by atoms with Gasteiger partial charge in [-0.3, -0.25) is 14.7 Å². The molecule has 1 aromatic carbocycles. The molecule has 0 bridgehead atoms. The number of H-pyrrole nitrogens is 1. The lowest BCUT2D eigenvalue weighted by Gasteiger charge is -2.03. The number of aromatic nitrogens is 4. The van der Waals surface area contributed by atoms with Gasteiger partial charge in [0.15, 0.2) is 11.0 Å². The average molecular weight is 429 g/mol. The van der Waals surface area contributed by atoms with Crippen LogP contribution in [0.2, 0.25) is 5.15 Å². The number of nitrogens with one attached hydrogen (secondary N) is 2. The Morgan fingerprint density at radius 3 is 2.40 bits per heavy atom. The van der Waals surface area contributed by atoms with E-state index in [2.05, 4.69) is 30.6 Å². The minimum Gasteiger partial charge on any atom is -0.465 e. The highest BCUT2D eigenvalue weighted by molar-refractivity contribution is 6.29. The van der Waals surface area contributed by atoms with Crippen molar-refractivity contribution in [2.24, 2.45) is 5.10 Å². The van der Waals surface area contributed by atoms with Gasteiger partial charge in [-0.25, -0.2) is 10.2 Å². The molecule has 0 spiro atoms. The second-order valence-corrected chi connectivity index (χ2v) is 6.56. The van der Waals surface area contributed by atoms with Gasteiger partial charge in [0, 0.05) is 11.3 Å². The van der Waals surface area contributed by atoms with Gasteiger partial charge in [0.1, 0.15) is 0 Å². The molecular formula is C19H17ClN6O4. The average Bonchev–Trinajstić information content (AvgIpc) is 3.05. The molecule has 154 valence electrons. The Morgan fingerprint density at radius 2 is 1.80 bits per heavy atom. The minimum absolute atomic E-state index is 0.204. The van der Waals surface area contributed by atoms with Crippen molar-refractivity contribution in [3.63, 3.8) is 0 Å². The highest BCUT2D eigenvalue weighted by Gasteiger charge is 2.17. The number of hydrogen-bond acceptors (Lipinski definition) is 7. The monoisotopic (exact) mass is 428 g/mol. The van der Waals surface area contributed by atoms with E-state index in [-0.39, 0.29) is 16.5 Å². The minimum atomic E-state index is -0.500. The summed E-state index contributed by atoms with van der Waals surface area (Å²) in [5, 5.41) is 14.7. The van der Waals surface area contributed by atoms with Crippen molar-refractivity contribution in [3.05, 3.63) is 74.3 Å². The number of methoxy groups -OCH3 is 1. The molecule has 10 nitrogen and oxygen atoms in total. The molecular weight excluding hydrogens is 412 g/mol. The summed E-state index contributed by atoms with van der Waals surface area (Å²) in [6.07, 6.45) is 0. The fraction of sp³-hybridized carbons (Fsp3) is 0.158. The number of halogens is 1. The van der Waals surface area contributed by atoms with Crippen LogP contribution in [0, 0.1) is 6.92 Å². The molecule has 0 unspecified atom stereocenters. The van der Waals surface area contributed by atoms with Gasteiger partial charge in [0.05, 0.1) is 23.9 Å². The van der Waals surface area contributed by atoms with Gasteiger partial charge >= 0.3 is 5.97 Å². The molecule has 2 N–H and O–H groups in total. The summed E-state index contributed by atoms with van der Waals surface area (Å²) in [7, 11) is 1.27.